The number of hydrogen-bond donors (Lipinski definition) is 0. The number of benzene rings is 1. The number of anilines is 1. The SMILES string of the molecule is COC(=O)[C@H]1[C@H]2C[C@H]3[C@@H]4N(C)c5ccccc5[C@]41CCN3C[C@]21O[C@@H]1C. The molecule has 4 aliphatic heterocycles. The summed E-state index contributed by atoms with van der Waals surface area (Å²) in [5.74, 6) is 0.0931. The zero-order valence-corrected chi connectivity index (χ0v) is 15.6. The summed E-state index contributed by atoms with van der Waals surface area (Å²) in [7, 11) is 3.76. The molecule has 0 N–H and O–H groups in total. The molecule has 1 spiro atoms. The van der Waals surface area contributed by atoms with Gasteiger partial charge in [-0.15, -0.1) is 0 Å². The van der Waals surface area contributed by atoms with E-state index in [4.69, 9.17) is 9.47 Å². The van der Waals surface area contributed by atoms with Crippen molar-refractivity contribution in [3.8, 4) is 0 Å². The van der Waals surface area contributed by atoms with Gasteiger partial charge in [0.1, 0.15) is 5.60 Å². The topological polar surface area (TPSA) is 45.3 Å². The number of methoxy groups -OCH3 is 1. The van der Waals surface area contributed by atoms with Crippen LogP contribution in [0.5, 0.6) is 0 Å². The van der Waals surface area contributed by atoms with E-state index in [-0.39, 0.29) is 34.9 Å². The fourth-order valence-electron chi connectivity index (χ4n) is 7.41. The second-order valence-corrected chi connectivity index (χ2v) is 8.96. The molecule has 3 saturated heterocycles. The van der Waals surface area contributed by atoms with Gasteiger partial charge in [0.25, 0.3) is 0 Å². The first kappa shape index (κ1) is 15.5. The number of para-hydroxylation sites is 1. The van der Waals surface area contributed by atoms with Crippen molar-refractivity contribution in [1.29, 1.82) is 0 Å². The second-order valence-electron chi connectivity index (χ2n) is 8.96. The average Bonchev–Trinajstić information content (AvgIpc) is 3.21. The van der Waals surface area contributed by atoms with Gasteiger partial charge in [-0.3, -0.25) is 9.69 Å². The number of fused-ring (bicyclic) bond motifs is 3. The normalized spacial score (nSPS) is 47.7. The van der Waals surface area contributed by atoms with E-state index in [2.05, 4.69) is 48.0 Å². The maximum absolute atomic E-state index is 13.2. The van der Waals surface area contributed by atoms with Gasteiger partial charge in [0.05, 0.1) is 25.2 Å². The molecule has 4 heterocycles. The maximum atomic E-state index is 13.2. The number of piperidine rings is 2. The number of esters is 1. The summed E-state index contributed by atoms with van der Waals surface area (Å²) in [6, 6.07) is 9.55. The molecular formula is C21H26N2O3. The first-order chi connectivity index (χ1) is 12.5. The molecule has 3 bridgehead atoms. The Morgan fingerprint density at radius 3 is 2.85 bits per heavy atom. The van der Waals surface area contributed by atoms with E-state index >= 15 is 0 Å². The number of ether oxygens (including phenoxy) is 2. The molecule has 1 saturated carbocycles. The lowest BCUT2D eigenvalue weighted by Crippen LogP contribution is -2.76. The van der Waals surface area contributed by atoms with Gasteiger partial charge in [0.2, 0.25) is 0 Å². The molecule has 0 amide bonds. The molecule has 1 aliphatic carbocycles. The zero-order chi connectivity index (χ0) is 17.8. The molecule has 0 radical (unpaired) electrons. The van der Waals surface area contributed by atoms with E-state index in [0.29, 0.717) is 12.1 Å². The summed E-state index contributed by atoms with van der Waals surface area (Å²) >= 11 is 0. The first-order valence-electron chi connectivity index (χ1n) is 9.86. The Morgan fingerprint density at radius 2 is 2.12 bits per heavy atom. The van der Waals surface area contributed by atoms with Crippen LogP contribution in [0.3, 0.4) is 0 Å². The third kappa shape index (κ3) is 1.48. The lowest BCUT2D eigenvalue weighted by atomic mass is 9.48. The van der Waals surface area contributed by atoms with Crippen LogP contribution in [0.2, 0.25) is 0 Å². The number of epoxide rings is 1. The fourth-order valence-corrected chi connectivity index (χ4v) is 7.41. The number of carbonyl (C=O) groups excluding carboxylic acids is 1. The van der Waals surface area contributed by atoms with Gasteiger partial charge >= 0.3 is 5.97 Å². The molecule has 5 aliphatic rings. The minimum Gasteiger partial charge on any atom is -0.469 e. The summed E-state index contributed by atoms with van der Waals surface area (Å²) in [6.07, 6.45) is 2.30. The average molecular weight is 354 g/mol. The molecule has 4 fully saturated rings. The van der Waals surface area contributed by atoms with Gasteiger partial charge < -0.3 is 14.4 Å². The molecule has 0 unspecified atom stereocenters. The summed E-state index contributed by atoms with van der Waals surface area (Å²) in [5, 5.41) is 0. The number of hydrogen-bond acceptors (Lipinski definition) is 5. The highest BCUT2D eigenvalue weighted by atomic mass is 16.6. The van der Waals surface area contributed by atoms with Crippen molar-refractivity contribution in [2.75, 3.05) is 32.1 Å². The van der Waals surface area contributed by atoms with Crippen molar-refractivity contribution < 1.29 is 14.3 Å². The smallest absolute Gasteiger partial charge is 0.310 e. The van der Waals surface area contributed by atoms with Gasteiger partial charge in [-0.05, 0) is 37.9 Å². The van der Waals surface area contributed by atoms with Gasteiger partial charge in [-0.25, -0.2) is 0 Å². The Labute approximate surface area is 154 Å². The van der Waals surface area contributed by atoms with Gasteiger partial charge in [0.15, 0.2) is 0 Å². The van der Waals surface area contributed by atoms with E-state index in [1.54, 1.807) is 7.11 Å². The Hall–Kier alpha value is -1.59. The molecule has 6 rings (SSSR count). The molecular weight excluding hydrogens is 328 g/mol. The number of nitrogens with zero attached hydrogens (tertiary/aromatic N) is 2. The van der Waals surface area contributed by atoms with Crippen LogP contribution >= 0.6 is 0 Å². The monoisotopic (exact) mass is 354 g/mol. The minimum absolute atomic E-state index is 0.0408. The summed E-state index contributed by atoms with van der Waals surface area (Å²) in [5.41, 5.74) is 2.34. The summed E-state index contributed by atoms with van der Waals surface area (Å²) < 4.78 is 11.6. The number of rotatable bonds is 1. The van der Waals surface area contributed by atoms with Crippen LogP contribution < -0.4 is 4.90 Å². The van der Waals surface area contributed by atoms with Crippen LogP contribution in [0.25, 0.3) is 0 Å². The largest absolute Gasteiger partial charge is 0.469 e. The Kier molecular flexibility index (Phi) is 2.75. The number of likely N-dealkylation sites (N-methyl/N-ethyl adjacent to an activating group) is 1. The maximum Gasteiger partial charge on any atom is 0.310 e. The van der Waals surface area contributed by atoms with Crippen LogP contribution in [0.15, 0.2) is 24.3 Å². The standard InChI is InChI=1S/C21H26N2O3/c1-12-21(26-12)11-23-9-8-20-13-6-4-5-7-15(13)22(2)18(20)16(23)10-14(21)17(20)19(24)25-3/h4-7,12,14,16-18H,8-11H2,1-3H3/t12-,14-,16+,17-,18+,20+,21-/m1/s1. The molecule has 5 heteroatoms. The van der Waals surface area contributed by atoms with Gasteiger partial charge in [-0.2, -0.15) is 0 Å². The number of carbonyl (C=O) groups is 1. The fraction of sp³-hybridized carbons (Fsp3) is 0.667. The highest BCUT2D eigenvalue weighted by molar-refractivity contribution is 5.80. The Morgan fingerprint density at radius 1 is 1.35 bits per heavy atom. The molecule has 7 atom stereocenters. The van der Waals surface area contributed by atoms with Crippen LogP contribution in [0.4, 0.5) is 5.69 Å². The first-order valence-corrected chi connectivity index (χ1v) is 9.86. The third-order valence-electron chi connectivity index (χ3n) is 8.39. The predicted octanol–water partition coefficient (Wildman–Crippen LogP) is 1.80. The summed E-state index contributed by atoms with van der Waals surface area (Å²) in [4.78, 5) is 18.3. The lowest BCUT2D eigenvalue weighted by molar-refractivity contribution is -0.169. The van der Waals surface area contributed by atoms with E-state index in [1.807, 2.05) is 0 Å². The van der Waals surface area contributed by atoms with Crippen LogP contribution in [0, 0.1) is 11.8 Å². The van der Waals surface area contributed by atoms with Crippen molar-refractivity contribution in [1.82, 2.24) is 4.90 Å². The zero-order valence-electron chi connectivity index (χ0n) is 15.6. The van der Waals surface area contributed by atoms with E-state index in [0.717, 1.165) is 25.9 Å². The molecule has 1 aromatic carbocycles. The quantitative estimate of drug-likeness (QED) is 0.568. The molecule has 138 valence electrons. The van der Waals surface area contributed by atoms with Gasteiger partial charge in [-0.1, -0.05) is 18.2 Å². The highest BCUT2D eigenvalue weighted by Crippen LogP contribution is 2.67. The molecule has 0 aromatic heterocycles. The van der Waals surface area contributed by atoms with Gasteiger partial charge in [0, 0.05) is 36.7 Å². The lowest BCUT2D eigenvalue weighted by Gasteiger charge is -2.64. The van der Waals surface area contributed by atoms with Crippen molar-refractivity contribution in [2.24, 2.45) is 11.8 Å². The molecule has 26 heavy (non-hydrogen) atoms. The second kappa shape index (κ2) is 4.63. The van der Waals surface area contributed by atoms with E-state index < -0.39 is 0 Å². The predicted molar refractivity (Wildman–Crippen MR) is 97.2 cm³/mol. The Balaban J connectivity index is 1.61. The summed E-state index contributed by atoms with van der Waals surface area (Å²) in [6.45, 7) is 4.18. The van der Waals surface area contributed by atoms with E-state index in [9.17, 15) is 4.79 Å². The molecule has 5 nitrogen and oxygen atoms in total. The van der Waals surface area contributed by atoms with Crippen molar-refractivity contribution in [3.63, 3.8) is 0 Å². The van der Waals surface area contributed by atoms with Crippen LogP contribution in [0.1, 0.15) is 25.3 Å². The van der Waals surface area contributed by atoms with Crippen LogP contribution in [-0.4, -0.2) is 61.9 Å². The third-order valence-corrected chi connectivity index (χ3v) is 8.39. The van der Waals surface area contributed by atoms with E-state index in [1.165, 1.54) is 11.3 Å². The van der Waals surface area contributed by atoms with Crippen molar-refractivity contribution in [3.05, 3.63) is 29.8 Å². The highest BCUT2D eigenvalue weighted by Gasteiger charge is 2.76. The van der Waals surface area contributed by atoms with Crippen molar-refractivity contribution >= 4 is 11.7 Å². The Bertz CT molecular complexity index is 812. The minimum atomic E-state index is -0.151. The van der Waals surface area contributed by atoms with Crippen LogP contribution in [-0.2, 0) is 19.7 Å². The molecule has 1 aromatic rings. The van der Waals surface area contributed by atoms with Crippen molar-refractivity contribution in [2.45, 2.75) is 49.0 Å².